The van der Waals surface area contributed by atoms with E-state index in [0.29, 0.717) is 29.5 Å². The molecular weight excluding hydrogens is 328 g/mol. The number of likely N-dealkylation sites (tertiary alicyclic amines) is 1. The summed E-state index contributed by atoms with van der Waals surface area (Å²) in [6.45, 7) is 4.40. The first kappa shape index (κ1) is 16.4. The van der Waals surface area contributed by atoms with E-state index in [0.717, 1.165) is 24.2 Å². The van der Waals surface area contributed by atoms with Crippen LogP contribution in [0.3, 0.4) is 0 Å². The minimum atomic E-state index is -0.0966. The number of benzene rings is 1. The van der Waals surface area contributed by atoms with Gasteiger partial charge in [-0.1, -0.05) is 30.3 Å². The molecule has 1 saturated heterocycles. The van der Waals surface area contributed by atoms with Crippen LogP contribution in [0.15, 0.2) is 36.5 Å². The summed E-state index contributed by atoms with van der Waals surface area (Å²) in [5.74, 6) is 1.99. The zero-order valence-electron chi connectivity index (χ0n) is 14.8. The van der Waals surface area contributed by atoms with Crippen LogP contribution < -0.4 is 0 Å². The Hall–Kier alpha value is -3.09. The molecule has 3 aromatic rings. The van der Waals surface area contributed by atoms with Gasteiger partial charge in [0.15, 0.2) is 11.6 Å². The first-order valence-electron chi connectivity index (χ1n) is 8.72. The van der Waals surface area contributed by atoms with Crippen LogP contribution in [-0.2, 0) is 0 Å². The Morgan fingerprint density at radius 2 is 2.00 bits per heavy atom. The highest BCUT2D eigenvalue weighted by Crippen LogP contribution is 2.31. The molecule has 0 saturated carbocycles. The van der Waals surface area contributed by atoms with Crippen LogP contribution in [0.1, 0.15) is 46.6 Å². The van der Waals surface area contributed by atoms with Crippen molar-refractivity contribution in [3.8, 4) is 11.4 Å². The molecule has 1 aromatic carbocycles. The molecule has 0 aliphatic carbocycles. The molecule has 0 spiro atoms. The van der Waals surface area contributed by atoms with E-state index in [9.17, 15) is 4.79 Å². The first-order valence-corrected chi connectivity index (χ1v) is 8.72. The first-order chi connectivity index (χ1) is 12.6. The Balaban J connectivity index is 1.61. The fourth-order valence-corrected chi connectivity index (χ4v) is 3.35. The van der Waals surface area contributed by atoms with Gasteiger partial charge in [0.05, 0.1) is 17.3 Å². The molecule has 0 radical (unpaired) electrons. The minimum Gasteiger partial charge on any atom is -0.328 e. The van der Waals surface area contributed by atoms with E-state index in [2.05, 4.69) is 25.1 Å². The second kappa shape index (κ2) is 6.67. The Bertz CT molecular complexity index is 936. The topological polar surface area (TPSA) is 87.7 Å². The van der Waals surface area contributed by atoms with Crippen molar-refractivity contribution in [1.82, 2.24) is 30.0 Å². The number of nitrogens with one attached hydrogen (secondary N) is 1. The second-order valence-corrected chi connectivity index (χ2v) is 6.49. The van der Waals surface area contributed by atoms with Crippen molar-refractivity contribution in [3.63, 3.8) is 0 Å². The van der Waals surface area contributed by atoms with Crippen LogP contribution in [0.25, 0.3) is 11.4 Å². The highest BCUT2D eigenvalue weighted by Gasteiger charge is 2.34. The molecule has 1 aliphatic rings. The lowest BCUT2D eigenvalue weighted by Crippen LogP contribution is -2.32. The lowest BCUT2D eigenvalue weighted by molar-refractivity contribution is 0.0728. The van der Waals surface area contributed by atoms with Gasteiger partial charge in [0.1, 0.15) is 5.82 Å². The summed E-state index contributed by atoms with van der Waals surface area (Å²) in [4.78, 5) is 28.3. The number of rotatable bonds is 3. The van der Waals surface area contributed by atoms with Gasteiger partial charge in [-0.05, 0) is 26.7 Å². The molecule has 7 heteroatoms. The van der Waals surface area contributed by atoms with Gasteiger partial charge >= 0.3 is 0 Å². The average molecular weight is 348 g/mol. The molecule has 4 rings (SSSR count). The zero-order chi connectivity index (χ0) is 18.1. The number of aryl methyl sites for hydroxylation is 2. The third-order valence-electron chi connectivity index (χ3n) is 4.67. The van der Waals surface area contributed by atoms with Gasteiger partial charge < -0.3 is 4.90 Å². The number of hydrogen-bond donors (Lipinski definition) is 1. The maximum atomic E-state index is 13.1. The molecule has 2 aromatic heterocycles. The molecule has 1 amide bonds. The van der Waals surface area contributed by atoms with E-state index in [1.54, 1.807) is 6.20 Å². The smallest absolute Gasteiger partial charge is 0.257 e. The molecule has 26 heavy (non-hydrogen) atoms. The second-order valence-electron chi connectivity index (χ2n) is 6.49. The van der Waals surface area contributed by atoms with Gasteiger partial charge in [0.2, 0.25) is 0 Å². The summed E-state index contributed by atoms with van der Waals surface area (Å²) in [7, 11) is 0. The van der Waals surface area contributed by atoms with Crippen molar-refractivity contribution < 1.29 is 4.79 Å². The van der Waals surface area contributed by atoms with Crippen molar-refractivity contribution in [3.05, 3.63) is 59.4 Å². The fraction of sp³-hybridized carbons (Fsp3) is 0.316. The predicted molar refractivity (Wildman–Crippen MR) is 96.3 cm³/mol. The molecule has 132 valence electrons. The quantitative estimate of drug-likeness (QED) is 0.786. The largest absolute Gasteiger partial charge is 0.328 e. The lowest BCUT2D eigenvalue weighted by Gasteiger charge is -2.23. The molecule has 7 nitrogen and oxygen atoms in total. The van der Waals surface area contributed by atoms with E-state index in [-0.39, 0.29) is 11.9 Å². The molecule has 0 unspecified atom stereocenters. The van der Waals surface area contributed by atoms with Gasteiger partial charge in [-0.2, -0.15) is 5.10 Å². The van der Waals surface area contributed by atoms with Gasteiger partial charge in [-0.25, -0.2) is 15.0 Å². The van der Waals surface area contributed by atoms with Crippen LogP contribution in [0.5, 0.6) is 0 Å². The molecular formula is C19H20N6O. The number of nitrogens with zero attached hydrogens (tertiary/aromatic N) is 5. The monoisotopic (exact) mass is 348 g/mol. The van der Waals surface area contributed by atoms with E-state index >= 15 is 0 Å². The predicted octanol–water partition coefficient (Wildman–Crippen LogP) is 2.86. The van der Waals surface area contributed by atoms with Crippen molar-refractivity contribution in [2.24, 2.45) is 0 Å². The maximum absolute atomic E-state index is 13.1. The Kier molecular flexibility index (Phi) is 4.20. The normalized spacial score (nSPS) is 16.8. The minimum absolute atomic E-state index is 0.0629. The summed E-state index contributed by atoms with van der Waals surface area (Å²) < 4.78 is 0. The molecule has 1 N–H and O–H groups in total. The van der Waals surface area contributed by atoms with Crippen molar-refractivity contribution >= 4 is 5.91 Å². The van der Waals surface area contributed by atoms with Crippen molar-refractivity contribution in [2.75, 3.05) is 6.54 Å². The summed E-state index contributed by atoms with van der Waals surface area (Å²) in [6, 6.07) is 9.66. The van der Waals surface area contributed by atoms with Gasteiger partial charge in [0.25, 0.3) is 5.91 Å². The van der Waals surface area contributed by atoms with Crippen LogP contribution in [0.2, 0.25) is 0 Å². The third kappa shape index (κ3) is 2.96. The summed E-state index contributed by atoms with van der Waals surface area (Å²) in [5.41, 5.74) is 2.15. The lowest BCUT2D eigenvalue weighted by atomic mass is 10.1. The Labute approximate surface area is 151 Å². The van der Waals surface area contributed by atoms with Crippen LogP contribution in [0.4, 0.5) is 0 Å². The molecule has 1 atom stereocenters. The Morgan fingerprint density at radius 3 is 2.69 bits per heavy atom. The SMILES string of the molecule is Cc1nc([C@H]2CCCN2C(=O)c2cnc(-c3ccccc3)nc2C)n[nH]1. The van der Waals surface area contributed by atoms with Crippen LogP contribution in [-0.4, -0.2) is 42.5 Å². The molecule has 0 bridgehead atoms. The third-order valence-corrected chi connectivity index (χ3v) is 4.67. The molecule has 1 aliphatic heterocycles. The van der Waals surface area contributed by atoms with Crippen LogP contribution in [0, 0.1) is 13.8 Å². The number of amides is 1. The number of carbonyl (C=O) groups excluding carboxylic acids is 1. The van der Waals surface area contributed by atoms with Gasteiger partial charge in [-0.3, -0.25) is 9.89 Å². The van der Waals surface area contributed by atoms with Crippen molar-refractivity contribution in [2.45, 2.75) is 32.7 Å². The van der Waals surface area contributed by atoms with Gasteiger partial charge in [0, 0.05) is 18.3 Å². The number of hydrogen-bond acceptors (Lipinski definition) is 5. The van der Waals surface area contributed by atoms with Gasteiger partial charge in [-0.15, -0.1) is 0 Å². The Morgan fingerprint density at radius 1 is 1.19 bits per heavy atom. The zero-order valence-corrected chi connectivity index (χ0v) is 14.8. The highest BCUT2D eigenvalue weighted by atomic mass is 16.2. The van der Waals surface area contributed by atoms with E-state index in [4.69, 9.17) is 0 Å². The van der Waals surface area contributed by atoms with Crippen LogP contribution >= 0.6 is 0 Å². The standard InChI is InChI=1S/C19H20N6O/c1-12-15(11-20-17(21-12)14-7-4-3-5-8-14)19(26)25-10-6-9-16(25)18-22-13(2)23-24-18/h3-5,7-8,11,16H,6,9-10H2,1-2H3,(H,22,23,24)/t16-/m1/s1. The summed E-state index contributed by atoms with van der Waals surface area (Å²) in [6.07, 6.45) is 3.43. The number of carbonyl (C=O) groups is 1. The number of aromatic amines is 1. The molecule has 3 heterocycles. The molecule has 1 fully saturated rings. The fourth-order valence-electron chi connectivity index (χ4n) is 3.35. The average Bonchev–Trinajstić information content (AvgIpc) is 3.30. The summed E-state index contributed by atoms with van der Waals surface area (Å²) in [5, 5.41) is 7.10. The number of aromatic nitrogens is 5. The van der Waals surface area contributed by atoms with Crippen molar-refractivity contribution in [1.29, 1.82) is 0 Å². The summed E-state index contributed by atoms with van der Waals surface area (Å²) >= 11 is 0. The highest BCUT2D eigenvalue weighted by molar-refractivity contribution is 5.95. The van der Waals surface area contributed by atoms with E-state index in [1.165, 1.54) is 0 Å². The maximum Gasteiger partial charge on any atom is 0.257 e. The number of H-pyrrole nitrogens is 1. The van der Waals surface area contributed by atoms with E-state index < -0.39 is 0 Å². The van der Waals surface area contributed by atoms with E-state index in [1.807, 2.05) is 49.1 Å².